The normalized spacial score (nSPS) is 10.6. The van der Waals surface area contributed by atoms with Crippen LogP contribution in [0.15, 0.2) is 59.0 Å². The Labute approximate surface area is 157 Å². The van der Waals surface area contributed by atoms with Crippen molar-refractivity contribution in [3.8, 4) is 5.75 Å². The SMILES string of the molecule is CCc1ccc(OCc2ccc(C(=O)Nc3cccc(Cl)c3C)o2)cc1. The number of benzene rings is 2. The van der Waals surface area contributed by atoms with Gasteiger partial charge >= 0.3 is 0 Å². The van der Waals surface area contributed by atoms with Gasteiger partial charge in [-0.2, -0.15) is 0 Å². The first-order valence-electron chi connectivity index (χ1n) is 8.43. The van der Waals surface area contributed by atoms with Crippen molar-refractivity contribution in [2.24, 2.45) is 0 Å². The molecule has 0 saturated heterocycles. The van der Waals surface area contributed by atoms with Crippen LogP contribution in [0.2, 0.25) is 5.02 Å². The summed E-state index contributed by atoms with van der Waals surface area (Å²) in [6, 6.07) is 16.7. The predicted octanol–water partition coefficient (Wildman–Crippen LogP) is 5.64. The van der Waals surface area contributed by atoms with Gasteiger partial charge in [0, 0.05) is 10.7 Å². The fourth-order valence-corrected chi connectivity index (χ4v) is 2.65. The van der Waals surface area contributed by atoms with E-state index in [0.29, 0.717) is 16.5 Å². The minimum absolute atomic E-state index is 0.226. The average Bonchev–Trinajstić information content (AvgIpc) is 3.13. The monoisotopic (exact) mass is 369 g/mol. The second-order valence-corrected chi connectivity index (χ2v) is 6.33. The molecule has 3 rings (SSSR count). The first-order valence-corrected chi connectivity index (χ1v) is 8.81. The maximum absolute atomic E-state index is 12.3. The van der Waals surface area contributed by atoms with Gasteiger partial charge in [-0.1, -0.05) is 36.7 Å². The molecule has 1 aromatic heterocycles. The van der Waals surface area contributed by atoms with Crippen LogP contribution in [0.1, 0.15) is 34.4 Å². The summed E-state index contributed by atoms with van der Waals surface area (Å²) in [5.41, 5.74) is 2.73. The van der Waals surface area contributed by atoms with Crippen molar-refractivity contribution in [2.75, 3.05) is 5.32 Å². The Kier molecular flexibility index (Phi) is 5.64. The summed E-state index contributed by atoms with van der Waals surface area (Å²) < 4.78 is 11.3. The van der Waals surface area contributed by atoms with Gasteiger partial charge in [-0.05, 0) is 60.9 Å². The number of nitrogens with one attached hydrogen (secondary N) is 1. The molecule has 0 radical (unpaired) electrons. The highest BCUT2D eigenvalue weighted by molar-refractivity contribution is 6.31. The molecular weight excluding hydrogens is 350 g/mol. The van der Waals surface area contributed by atoms with E-state index in [9.17, 15) is 4.79 Å². The maximum atomic E-state index is 12.3. The maximum Gasteiger partial charge on any atom is 0.291 e. The number of carbonyl (C=O) groups is 1. The third kappa shape index (κ3) is 4.27. The fraction of sp³-hybridized carbons (Fsp3) is 0.190. The van der Waals surface area contributed by atoms with Crippen LogP contribution in [0.25, 0.3) is 0 Å². The van der Waals surface area contributed by atoms with Crippen LogP contribution < -0.4 is 10.1 Å². The largest absolute Gasteiger partial charge is 0.486 e. The molecule has 0 saturated carbocycles. The van der Waals surface area contributed by atoms with E-state index in [1.54, 1.807) is 30.3 Å². The molecule has 26 heavy (non-hydrogen) atoms. The van der Waals surface area contributed by atoms with Crippen molar-refractivity contribution < 1.29 is 13.9 Å². The van der Waals surface area contributed by atoms with Crippen LogP contribution in [0, 0.1) is 6.92 Å². The predicted molar refractivity (Wildman–Crippen MR) is 103 cm³/mol. The van der Waals surface area contributed by atoms with Crippen molar-refractivity contribution in [3.63, 3.8) is 0 Å². The molecule has 1 amide bonds. The van der Waals surface area contributed by atoms with Gasteiger partial charge < -0.3 is 14.5 Å². The third-order valence-electron chi connectivity index (χ3n) is 4.11. The number of hydrogen-bond acceptors (Lipinski definition) is 3. The summed E-state index contributed by atoms with van der Waals surface area (Å²) in [4.78, 5) is 12.3. The zero-order valence-electron chi connectivity index (χ0n) is 14.7. The molecule has 0 spiro atoms. The summed E-state index contributed by atoms with van der Waals surface area (Å²) in [6.07, 6.45) is 0.989. The Morgan fingerprint density at radius 1 is 1.12 bits per heavy atom. The lowest BCUT2D eigenvalue weighted by Gasteiger charge is -2.08. The lowest BCUT2D eigenvalue weighted by molar-refractivity contribution is 0.0992. The molecule has 0 aliphatic carbocycles. The zero-order valence-corrected chi connectivity index (χ0v) is 15.5. The molecule has 4 nitrogen and oxygen atoms in total. The van der Waals surface area contributed by atoms with E-state index >= 15 is 0 Å². The number of furan rings is 1. The number of halogens is 1. The zero-order chi connectivity index (χ0) is 18.5. The van der Waals surface area contributed by atoms with Crippen LogP contribution in [0.5, 0.6) is 5.75 Å². The highest BCUT2D eigenvalue weighted by Crippen LogP contribution is 2.24. The third-order valence-corrected chi connectivity index (χ3v) is 4.52. The first kappa shape index (κ1) is 18.1. The molecule has 0 aliphatic rings. The summed E-state index contributed by atoms with van der Waals surface area (Å²) in [6.45, 7) is 4.22. The topological polar surface area (TPSA) is 51.5 Å². The molecule has 3 aromatic rings. The molecule has 1 N–H and O–H groups in total. The molecule has 5 heteroatoms. The molecular formula is C21H20ClNO3. The van der Waals surface area contributed by atoms with Gasteiger partial charge in [-0.3, -0.25) is 4.79 Å². The van der Waals surface area contributed by atoms with Crippen LogP contribution in [-0.2, 0) is 13.0 Å². The number of hydrogen-bond donors (Lipinski definition) is 1. The summed E-state index contributed by atoms with van der Waals surface area (Å²) in [7, 11) is 0. The molecule has 2 aromatic carbocycles. The Hall–Kier alpha value is -2.72. The number of anilines is 1. The molecule has 0 fully saturated rings. The van der Waals surface area contributed by atoms with Gasteiger partial charge in [0.05, 0.1) is 0 Å². The van der Waals surface area contributed by atoms with Crippen LogP contribution in [0.4, 0.5) is 5.69 Å². The van der Waals surface area contributed by atoms with Crippen LogP contribution >= 0.6 is 11.6 Å². The van der Waals surface area contributed by atoms with E-state index in [1.807, 2.05) is 31.2 Å². The van der Waals surface area contributed by atoms with E-state index in [0.717, 1.165) is 17.7 Å². The second kappa shape index (κ2) is 8.11. The Morgan fingerprint density at radius 2 is 1.88 bits per heavy atom. The summed E-state index contributed by atoms with van der Waals surface area (Å²) in [5.74, 6) is 1.25. The van der Waals surface area contributed by atoms with E-state index in [2.05, 4.69) is 12.2 Å². The van der Waals surface area contributed by atoms with Crippen molar-refractivity contribution in [3.05, 3.63) is 82.3 Å². The van der Waals surface area contributed by atoms with E-state index in [1.165, 1.54) is 5.56 Å². The molecule has 0 atom stereocenters. The van der Waals surface area contributed by atoms with Gasteiger partial charge in [-0.15, -0.1) is 0 Å². The number of aryl methyl sites for hydroxylation is 1. The number of carbonyl (C=O) groups excluding carboxylic acids is 1. The smallest absolute Gasteiger partial charge is 0.291 e. The average molecular weight is 370 g/mol. The Balaban J connectivity index is 1.61. The van der Waals surface area contributed by atoms with Crippen molar-refractivity contribution in [1.29, 1.82) is 0 Å². The Bertz CT molecular complexity index is 900. The van der Waals surface area contributed by atoms with Gasteiger partial charge in [0.2, 0.25) is 0 Å². The number of ether oxygens (including phenoxy) is 1. The van der Waals surface area contributed by atoms with Gasteiger partial charge in [0.1, 0.15) is 18.1 Å². The minimum Gasteiger partial charge on any atom is -0.486 e. The molecule has 0 unspecified atom stereocenters. The van der Waals surface area contributed by atoms with Gasteiger partial charge in [-0.25, -0.2) is 0 Å². The lowest BCUT2D eigenvalue weighted by atomic mass is 10.2. The summed E-state index contributed by atoms with van der Waals surface area (Å²) in [5, 5.41) is 3.41. The minimum atomic E-state index is -0.325. The number of rotatable bonds is 6. The van der Waals surface area contributed by atoms with E-state index in [-0.39, 0.29) is 18.3 Å². The fourth-order valence-electron chi connectivity index (χ4n) is 2.48. The standard InChI is InChI=1S/C21H20ClNO3/c1-3-15-7-9-16(10-8-15)25-13-17-11-12-20(26-17)21(24)23-19-6-4-5-18(22)14(19)2/h4-12H,3,13H2,1-2H3,(H,23,24). The number of amides is 1. The molecule has 134 valence electrons. The van der Waals surface area contributed by atoms with Crippen LogP contribution in [-0.4, -0.2) is 5.91 Å². The van der Waals surface area contributed by atoms with Gasteiger partial charge in [0.15, 0.2) is 5.76 Å². The van der Waals surface area contributed by atoms with Crippen molar-refractivity contribution in [1.82, 2.24) is 0 Å². The van der Waals surface area contributed by atoms with Gasteiger partial charge in [0.25, 0.3) is 5.91 Å². The second-order valence-electron chi connectivity index (χ2n) is 5.92. The highest BCUT2D eigenvalue weighted by atomic mass is 35.5. The first-order chi connectivity index (χ1) is 12.6. The van der Waals surface area contributed by atoms with Crippen molar-refractivity contribution >= 4 is 23.2 Å². The lowest BCUT2D eigenvalue weighted by Crippen LogP contribution is -2.12. The van der Waals surface area contributed by atoms with Crippen LogP contribution in [0.3, 0.4) is 0 Å². The summed E-state index contributed by atoms with van der Waals surface area (Å²) >= 11 is 6.07. The highest BCUT2D eigenvalue weighted by Gasteiger charge is 2.13. The molecule has 0 bridgehead atoms. The molecule has 1 heterocycles. The van der Waals surface area contributed by atoms with Crippen molar-refractivity contribution in [2.45, 2.75) is 26.9 Å². The Morgan fingerprint density at radius 3 is 2.62 bits per heavy atom. The van der Waals surface area contributed by atoms with E-state index < -0.39 is 0 Å². The quantitative estimate of drug-likeness (QED) is 0.612. The van der Waals surface area contributed by atoms with E-state index in [4.69, 9.17) is 20.8 Å². The molecule has 0 aliphatic heterocycles.